The number of methoxy groups -OCH3 is 1. The molecular weight excluding hydrogens is 346 g/mol. The smallest absolute Gasteiger partial charge is 0.279 e. The van der Waals surface area contributed by atoms with Crippen LogP contribution in [-0.4, -0.2) is 36.2 Å². The molecule has 3 aromatic rings. The van der Waals surface area contributed by atoms with Crippen molar-refractivity contribution < 1.29 is 19.0 Å². The van der Waals surface area contributed by atoms with Gasteiger partial charge in [0.05, 0.1) is 18.1 Å². The van der Waals surface area contributed by atoms with Gasteiger partial charge in [-0.3, -0.25) is 4.79 Å². The maximum Gasteiger partial charge on any atom is 0.279 e. The Morgan fingerprint density at radius 2 is 1.67 bits per heavy atom. The SMILES string of the molecule is COc1nc2cc(C)c(C)cc2nc1C(=O)Nc1ccc2c(c1)OCCO2. The van der Waals surface area contributed by atoms with Crippen LogP contribution >= 0.6 is 0 Å². The molecule has 7 heteroatoms. The van der Waals surface area contributed by atoms with Gasteiger partial charge in [0.1, 0.15) is 13.2 Å². The fraction of sp³-hybridized carbons (Fsp3) is 0.250. The molecule has 1 aliphatic rings. The van der Waals surface area contributed by atoms with Gasteiger partial charge in [-0.25, -0.2) is 9.97 Å². The Labute approximate surface area is 156 Å². The number of benzene rings is 2. The fourth-order valence-electron chi connectivity index (χ4n) is 2.90. The minimum atomic E-state index is -0.406. The van der Waals surface area contributed by atoms with Gasteiger partial charge in [0.2, 0.25) is 5.88 Å². The topological polar surface area (TPSA) is 82.6 Å². The Balaban J connectivity index is 1.68. The van der Waals surface area contributed by atoms with Gasteiger partial charge in [-0.05, 0) is 49.2 Å². The summed E-state index contributed by atoms with van der Waals surface area (Å²) in [5.41, 5.74) is 4.22. The second kappa shape index (κ2) is 6.75. The first-order valence-electron chi connectivity index (χ1n) is 8.59. The molecule has 0 fully saturated rings. The number of ether oxygens (including phenoxy) is 3. The summed E-state index contributed by atoms with van der Waals surface area (Å²) in [6, 6.07) is 9.08. The van der Waals surface area contributed by atoms with Crippen molar-refractivity contribution in [2.75, 3.05) is 25.6 Å². The van der Waals surface area contributed by atoms with Crippen LogP contribution in [0.2, 0.25) is 0 Å². The van der Waals surface area contributed by atoms with Crippen molar-refractivity contribution in [3.8, 4) is 17.4 Å². The normalized spacial score (nSPS) is 12.7. The zero-order valence-electron chi connectivity index (χ0n) is 15.3. The minimum absolute atomic E-state index is 0.128. The Morgan fingerprint density at radius 3 is 2.37 bits per heavy atom. The van der Waals surface area contributed by atoms with E-state index in [0.717, 1.165) is 11.1 Å². The average Bonchev–Trinajstić information content (AvgIpc) is 2.68. The number of nitrogens with one attached hydrogen (secondary N) is 1. The molecule has 0 saturated carbocycles. The maximum atomic E-state index is 12.8. The molecule has 0 unspecified atom stereocenters. The zero-order valence-corrected chi connectivity index (χ0v) is 15.3. The Hall–Kier alpha value is -3.35. The molecule has 2 aromatic carbocycles. The summed E-state index contributed by atoms with van der Waals surface area (Å²) in [5, 5.41) is 2.82. The Kier molecular flexibility index (Phi) is 4.27. The monoisotopic (exact) mass is 365 g/mol. The number of hydrogen-bond donors (Lipinski definition) is 1. The van der Waals surface area contributed by atoms with Crippen LogP contribution in [0.5, 0.6) is 17.4 Å². The third-order valence-corrected chi connectivity index (χ3v) is 4.46. The molecule has 0 saturated heterocycles. The van der Waals surface area contributed by atoms with Gasteiger partial charge in [0.25, 0.3) is 5.91 Å². The molecule has 4 rings (SSSR count). The molecule has 1 amide bonds. The maximum absolute atomic E-state index is 12.8. The van der Waals surface area contributed by atoms with Gasteiger partial charge < -0.3 is 19.5 Å². The number of amides is 1. The number of aryl methyl sites for hydroxylation is 2. The highest BCUT2D eigenvalue weighted by Crippen LogP contribution is 2.33. The lowest BCUT2D eigenvalue weighted by Gasteiger charge is -2.19. The quantitative estimate of drug-likeness (QED) is 0.767. The van der Waals surface area contributed by atoms with Crippen molar-refractivity contribution in [2.24, 2.45) is 0 Å². The lowest BCUT2D eigenvalue weighted by Crippen LogP contribution is -2.18. The molecular formula is C20H19N3O4. The molecule has 2 heterocycles. The van der Waals surface area contributed by atoms with Crippen LogP contribution < -0.4 is 19.5 Å². The van der Waals surface area contributed by atoms with Gasteiger partial charge in [-0.1, -0.05) is 0 Å². The van der Waals surface area contributed by atoms with Crippen LogP contribution in [0.1, 0.15) is 21.6 Å². The van der Waals surface area contributed by atoms with Crippen molar-refractivity contribution in [1.29, 1.82) is 0 Å². The van der Waals surface area contributed by atoms with Gasteiger partial charge in [-0.2, -0.15) is 0 Å². The number of anilines is 1. The first kappa shape index (κ1) is 17.1. The van der Waals surface area contributed by atoms with E-state index in [-0.39, 0.29) is 11.6 Å². The molecule has 0 aliphatic carbocycles. The second-order valence-corrected chi connectivity index (χ2v) is 6.32. The number of fused-ring (bicyclic) bond motifs is 2. The third-order valence-electron chi connectivity index (χ3n) is 4.46. The van der Waals surface area contributed by atoms with Crippen molar-refractivity contribution in [2.45, 2.75) is 13.8 Å². The lowest BCUT2D eigenvalue weighted by atomic mass is 10.1. The summed E-state index contributed by atoms with van der Waals surface area (Å²) in [6.07, 6.45) is 0. The zero-order chi connectivity index (χ0) is 19.0. The van der Waals surface area contributed by atoms with Crippen LogP contribution in [0.25, 0.3) is 11.0 Å². The molecule has 7 nitrogen and oxygen atoms in total. The molecule has 0 radical (unpaired) electrons. The van der Waals surface area contributed by atoms with E-state index in [9.17, 15) is 4.79 Å². The van der Waals surface area contributed by atoms with E-state index in [0.29, 0.717) is 41.4 Å². The molecule has 0 bridgehead atoms. The number of nitrogens with zero attached hydrogens (tertiary/aromatic N) is 2. The van der Waals surface area contributed by atoms with E-state index in [1.165, 1.54) is 7.11 Å². The van der Waals surface area contributed by atoms with Gasteiger partial charge in [0, 0.05) is 11.8 Å². The molecule has 1 aliphatic heterocycles. The van der Waals surface area contributed by atoms with E-state index in [4.69, 9.17) is 14.2 Å². The molecule has 1 N–H and O–H groups in total. The number of aromatic nitrogens is 2. The summed E-state index contributed by atoms with van der Waals surface area (Å²) >= 11 is 0. The van der Waals surface area contributed by atoms with E-state index in [2.05, 4.69) is 15.3 Å². The Bertz CT molecular complexity index is 1050. The van der Waals surface area contributed by atoms with Crippen LogP contribution in [-0.2, 0) is 0 Å². The van der Waals surface area contributed by atoms with Gasteiger partial charge >= 0.3 is 0 Å². The largest absolute Gasteiger partial charge is 0.486 e. The third kappa shape index (κ3) is 3.23. The van der Waals surface area contributed by atoms with E-state index >= 15 is 0 Å². The van der Waals surface area contributed by atoms with Crippen LogP contribution in [0.15, 0.2) is 30.3 Å². The number of rotatable bonds is 3. The number of carbonyl (C=O) groups is 1. The number of carbonyl (C=O) groups excluding carboxylic acids is 1. The Morgan fingerprint density at radius 1 is 1.00 bits per heavy atom. The standard InChI is InChI=1S/C20H19N3O4/c1-11-8-14-15(9-12(11)2)23-20(25-3)18(22-14)19(24)21-13-4-5-16-17(10-13)27-7-6-26-16/h4-5,8-10H,6-7H2,1-3H3,(H,21,24). The van der Waals surface area contributed by atoms with E-state index in [1.807, 2.05) is 26.0 Å². The minimum Gasteiger partial charge on any atom is -0.486 e. The summed E-state index contributed by atoms with van der Waals surface area (Å²) in [6.45, 7) is 5.00. The summed E-state index contributed by atoms with van der Waals surface area (Å²) in [4.78, 5) is 21.7. The average molecular weight is 365 g/mol. The lowest BCUT2D eigenvalue weighted by molar-refractivity contribution is 0.101. The highest BCUT2D eigenvalue weighted by Gasteiger charge is 2.19. The van der Waals surface area contributed by atoms with Crippen molar-refractivity contribution in [3.63, 3.8) is 0 Å². The summed E-state index contributed by atoms with van der Waals surface area (Å²) < 4.78 is 16.3. The summed E-state index contributed by atoms with van der Waals surface area (Å²) in [5.74, 6) is 1.03. The van der Waals surface area contributed by atoms with Crippen LogP contribution in [0.3, 0.4) is 0 Å². The van der Waals surface area contributed by atoms with Crippen molar-refractivity contribution >= 4 is 22.6 Å². The fourth-order valence-corrected chi connectivity index (χ4v) is 2.90. The molecule has 27 heavy (non-hydrogen) atoms. The second-order valence-electron chi connectivity index (χ2n) is 6.32. The van der Waals surface area contributed by atoms with E-state index in [1.54, 1.807) is 18.2 Å². The van der Waals surface area contributed by atoms with Gasteiger partial charge in [-0.15, -0.1) is 0 Å². The molecule has 0 spiro atoms. The van der Waals surface area contributed by atoms with Crippen molar-refractivity contribution in [3.05, 3.63) is 47.2 Å². The molecule has 138 valence electrons. The first-order valence-corrected chi connectivity index (χ1v) is 8.59. The first-order chi connectivity index (χ1) is 13.0. The highest BCUT2D eigenvalue weighted by molar-refractivity contribution is 6.05. The highest BCUT2D eigenvalue weighted by atomic mass is 16.6. The van der Waals surface area contributed by atoms with Gasteiger partial charge in [0.15, 0.2) is 17.2 Å². The van der Waals surface area contributed by atoms with Crippen LogP contribution in [0.4, 0.5) is 5.69 Å². The van der Waals surface area contributed by atoms with Crippen LogP contribution in [0, 0.1) is 13.8 Å². The molecule has 1 aromatic heterocycles. The predicted octanol–water partition coefficient (Wildman–Crippen LogP) is 3.28. The molecule has 0 atom stereocenters. The predicted molar refractivity (Wildman–Crippen MR) is 101 cm³/mol. The van der Waals surface area contributed by atoms with E-state index < -0.39 is 5.91 Å². The summed E-state index contributed by atoms with van der Waals surface area (Å²) in [7, 11) is 1.47. The number of hydrogen-bond acceptors (Lipinski definition) is 6. The van der Waals surface area contributed by atoms with Crippen molar-refractivity contribution in [1.82, 2.24) is 9.97 Å².